The number of likely N-dealkylation sites (tertiary alicyclic amines) is 1. The van der Waals surface area contributed by atoms with Crippen molar-refractivity contribution in [3.05, 3.63) is 69.4 Å². The van der Waals surface area contributed by atoms with Crippen LogP contribution in [0.4, 0.5) is 0 Å². The molecule has 0 spiro atoms. The lowest BCUT2D eigenvalue weighted by atomic mass is 9.53. The summed E-state index contributed by atoms with van der Waals surface area (Å²) in [7, 11) is 5.47. The number of allylic oxidation sites excluding steroid dienone is 1. The number of likely N-dealkylation sites (N-methyl/N-ethyl adjacent to an activating group) is 1. The van der Waals surface area contributed by atoms with E-state index >= 15 is 0 Å². The van der Waals surface area contributed by atoms with E-state index in [1.807, 2.05) is 12.1 Å². The number of benzene rings is 2. The highest BCUT2D eigenvalue weighted by Crippen LogP contribution is 2.60. The van der Waals surface area contributed by atoms with Gasteiger partial charge in [0, 0.05) is 46.2 Å². The number of aromatic hydroxyl groups is 1. The van der Waals surface area contributed by atoms with Crippen LogP contribution in [0.2, 0.25) is 0 Å². The van der Waals surface area contributed by atoms with Gasteiger partial charge in [0.25, 0.3) is 0 Å². The molecule has 0 radical (unpaired) electrons. The topological polar surface area (TPSA) is 55.8 Å². The van der Waals surface area contributed by atoms with E-state index in [2.05, 4.69) is 53.3 Å². The van der Waals surface area contributed by atoms with Gasteiger partial charge in [-0.25, -0.2) is 0 Å². The second kappa shape index (κ2) is 7.63. The number of carbonyl (C=O) groups excluding carboxylic acids is 1. The van der Waals surface area contributed by atoms with Crippen molar-refractivity contribution in [2.24, 2.45) is 5.92 Å². The number of quaternary nitrogens is 1. The number of hydrogen-bond acceptors (Lipinski definition) is 4. The number of halogens is 1. The first-order valence-electron chi connectivity index (χ1n) is 11.1. The Kier molecular flexibility index (Phi) is 5.13. The second-order valence-corrected chi connectivity index (χ2v) is 10.5. The average Bonchev–Trinajstić information content (AvgIpc) is 2.78. The van der Waals surface area contributed by atoms with Gasteiger partial charge in [0.1, 0.15) is 12.6 Å². The van der Waals surface area contributed by atoms with E-state index in [9.17, 15) is 9.90 Å². The number of ketones is 1. The third-order valence-corrected chi connectivity index (χ3v) is 8.77. The fourth-order valence-corrected chi connectivity index (χ4v) is 7.08. The minimum Gasteiger partial charge on any atom is -0.504 e. The van der Waals surface area contributed by atoms with Crippen molar-refractivity contribution in [3.8, 4) is 11.5 Å². The predicted molar refractivity (Wildman–Crippen MR) is 126 cm³/mol. The van der Waals surface area contributed by atoms with Gasteiger partial charge >= 0.3 is 0 Å². The van der Waals surface area contributed by atoms with Crippen molar-refractivity contribution in [1.82, 2.24) is 0 Å². The van der Waals surface area contributed by atoms with Gasteiger partial charge in [-0.3, -0.25) is 4.79 Å². The highest BCUT2D eigenvalue weighted by molar-refractivity contribution is 9.10. The van der Waals surface area contributed by atoms with Crippen molar-refractivity contribution in [1.29, 1.82) is 0 Å². The van der Waals surface area contributed by atoms with Crippen molar-refractivity contribution in [2.75, 3.05) is 27.8 Å². The number of methoxy groups -OCH3 is 2. The maximum Gasteiger partial charge on any atom is 0.197 e. The molecule has 4 atom stereocenters. The minimum absolute atomic E-state index is 0.00727. The molecule has 5 rings (SSSR count). The van der Waals surface area contributed by atoms with Crippen LogP contribution in [-0.2, 0) is 27.9 Å². The standard InChI is InChI=1S/C26H28BrNO4/c1-28(15-16-7-5-4-6-8-16)10-9-26-14-21(29)22(31-2)12-18(26)20(28)11-17-19(27)13-23(32-3)25(30)24(17)26/h4-8,12-13,18,20H,9-11,14-15H2,1-3H3/p+1/t18-,20+,26-,28?/m0/s1. The molecule has 0 amide bonds. The van der Waals surface area contributed by atoms with Crippen LogP contribution in [0.1, 0.15) is 29.5 Å². The number of rotatable bonds is 4. The monoisotopic (exact) mass is 498 g/mol. The van der Waals surface area contributed by atoms with Gasteiger partial charge in [-0.1, -0.05) is 46.3 Å². The van der Waals surface area contributed by atoms with Crippen LogP contribution in [0.25, 0.3) is 0 Å². The Morgan fingerprint density at radius 1 is 1.22 bits per heavy atom. The zero-order valence-corrected chi connectivity index (χ0v) is 20.3. The van der Waals surface area contributed by atoms with E-state index in [4.69, 9.17) is 9.47 Å². The third-order valence-electron chi connectivity index (χ3n) is 8.06. The van der Waals surface area contributed by atoms with Crippen molar-refractivity contribution in [3.63, 3.8) is 0 Å². The summed E-state index contributed by atoms with van der Waals surface area (Å²) in [4.78, 5) is 13.1. The van der Waals surface area contributed by atoms with E-state index < -0.39 is 5.41 Å². The summed E-state index contributed by atoms with van der Waals surface area (Å²) in [5.74, 6) is 1.18. The molecule has 3 aliphatic rings. The Bertz CT molecular complexity index is 1110. The molecule has 6 heteroatoms. The first kappa shape index (κ1) is 21.5. The van der Waals surface area contributed by atoms with Crippen LogP contribution in [0.3, 0.4) is 0 Å². The lowest BCUT2D eigenvalue weighted by Crippen LogP contribution is -2.68. The molecule has 32 heavy (non-hydrogen) atoms. The lowest BCUT2D eigenvalue weighted by molar-refractivity contribution is -0.956. The number of hydrogen-bond donors (Lipinski definition) is 1. The van der Waals surface area contributed by atoms with E-state index in [0.29, 0.717) is 17.9 Å². The maximum atomic E-state index is 13.1. The van der Waals surface area contributed by atoms with Crippen LogP contribution in [0, 0.1) is 5.92 Å². The van der Waals surface area contributed by atoms with Gasteiger partial charge in [-0.05, 0) is 17.7 Å². The molecule has 1 N–H and O–H groups in total. The molecular weight excluding hydrogens is 470 g/mol. The van der Waals surface area contributed by atoms with Crippen LogP contribution in [0.15, 0.2) is 52.7 Å². The normalized spacial score (nSPS) is 30.8. The largest absolute Gasteiger partial charge is 0.504 e. The fraction of sp³-hybridized carbons (Fsp3) is 0.423. The zero-order valence-electron chi connectivity index (χ0n) is 18.7. The van der Waals surface area contributed by atoms with Gasteiger partial charge < -0.3 is 19.1 Å². The Balaban J connectivity index is 1.71. The van der Waals surface area contributed by atoms with Crippen molar-refractivity contribution in [2.45, 2.75) is 37.3 Å². The van der Waals surface area contributed by atoms with Crippen molar-refractivity contribution >= 4 is 21.7 Å². The smallest absolute Gasteiger partial charge is 0.197 e. The molecule has 2 bridgehead atoms. The van der Waals surface area contributed by atoms with E-state index in [1.54, 1.807) is 14.2 Å². The Labute approximate surface area is 197 Å². The molecule has 0 aromatic heterocycles. The summed E-state index contributed by atoms with van der Waals surface area (Å²) in [6.45, 7) is 1.87. The van der Waals surface area contributed by atoms with Crippen LogP contribution in [0.5, 0.6) is 11.5 Å². The average molecular weight is 499 g/mol. The van der Waals surface area contributed by atoms with E-state index in [0.717, 1.165) is 46.0 Å². The maximum absolute atomic E-state index is 13.1. The number of ether oxygens (including phenoxy) is 2. The zero-order chi connectivity index (χ0) is 22.7. The minimum atomic E-state index is -0.451. The molecule has 2 aromatic rings. The molecular formula is C26H29BrNO4+. The quantitative estimate of drug-likeness (QED) is 0.630. The van der Waals surface area contributed by atoms with E-state index in [-0.39, 0.29) is 23.5 Å². The molecule has 2 aliphatic carbocycles. The van der Waals surface area contributed by atoms with Crippen LogP contribution >= 0.6 is 15.9 Å². The highest BCUT2D eigenvalue weighted by atomic mass is 79.9. The molecule has 1 saturated heterocycles. The summed E-state index contributed by atoms with van der Waals surface area (Å²) >= 11 is 3.75. The van der Waals surface area contributed by atoms with Gasteiger partial charge in [-0.2, -0.15) is 0 Å². The van der Waals surface area contributed by atoms with Gasteiger partial charge in [0.05, 0.1) is 27.8 Å². The highest BCUT2D eigenvalue weighted by Gasteiger charge is 2.62. The molecule has 5 nitrogen and oxygen atoms in total. The summed E-state index contributed by atoms with van der Waals surface area (Å²) in [6, 6.07) is 12.7. The molecule has 0 saturated carbocycles. The number of phenols is 1. The fourth-order valence-electron chi connectivity index (χ4n) is 6.51. The number of piperidine rings is 1. The first-order chi connectivity index (χ1) is 15.3. The summed E-state index contributed by atoms with van der Waals surface area (Å²) in [5.41, 5.74) is 2.85. The molecule has 1 unspecified atom stereocenters. The number of fused-ring (bicyclic) bond motifs is 1. The van der Waals surface area contributed by atoms with Crippen LogP contribution in [-0.4, -0.2) is 49.2 Å². The predicted octanol–water partition coefficient (Wildman–Crippen LogP) is 4.50. The second-order valence-electron chi connectivity index (χ2n) is 9.65. The molecule has 1 aliphatic heterocycles. The number of nitrogens with zero attached hydrogens (tertiary/aromatic N) is 1. The van der Waals surface area contributed by atoms with Gasteiger partial charge in [0.2, 0.25) is 0 Å². The number of Topliss-reactive ketones (excluding diaryl/α,β-unsaturated/α-hetero) is 1. The van der Waals surface area contributed by atoms with Crippen molar-refractivity contribution < 1.29 is 23.9 Å². The summed E-state index contributed by atoms with van der Waals surface area (Å²) < 4.78 is 12.8. The Morgan fingerprint density at radius 2 is 1.97 bits per heavy atom. The number of phenolic OH excluding ortho intramolecular Hbond substituents is 1. The van der Waals surface area contributed by atoms with Crippen LogP contribution < -0.4 is 4.74 Å². The van der Waals surface area contributed by atoms with Gasteiger partial charge in [0.15, 0.2) is 23.0 Å². The summed E-state index contributed by atoms with van der Waals surface area (Å²) in [5, 5.41) is 11.3. The number of carbonyl (C=O) groups is 1. The molecule has 1 heterocycles. The first-order valence-corrected chi connectivity index (χ1v) is 11.9. The molecule has 168 valence electrons. The lowest BCUT2D eigenvalue weighted by Gasteiger charge is -2.60. The Morgan fingerprint density at radius 3 is 2.66 bits per heavy atom. The van der Waals surface area contributed by atoms with Gasteiger partial charge in [-0.15, -0.1) is 0 Å². The molecule has 1 fully saturated rings. The molecule has 2 aromatic carbocycles. The SMILES string of the molecule is COC1=C[C@H]2[C@H]3Cc4c(Br)cc(OC)c(O)c4[C@@]2(CC[N+]3(C)Cc2ccccc2)CC1=O. The van der Waals surface area contributed by atoms with E-state index in [1.165, 1.54) is 5.56 Å². The third kappa shape index (κ3) is 3.03. The summed E-state index contributed by atoms with van der Waals surface area (Å²) in [6.07, 6.45) is 4.02. The Hall–Kier alpha value is -2.31.